The molecule has 0 aliphatic rings. The summed E-state index contributed by atoms with van der Waals surface area (Å²) < 4.78 is 6.56. The minimum atomic E-state index is -0.422. The number of ether oxygens (including phenoxy) is 1. The first-order valence-electron chi connectivity index (χ1n) is 6.55. The molecule has 1 aromatic rings. The lowest BCUT2D eigenvalue weighted by molar-refractivity contribution is -0.695. The summed E-state index contributed by atoms with van der Waals surface area (Å²) in [6, 6.07) is 8.24. The van der Waals surface area contributed by atoms with E-state index in [0.717, 1.165) is 23.1 Å². The summed E-state index contributed by atoms with van der Waals surface area (Å²) in [6.45, 7) is 5.39. The van der Waals surface area contributed by atoms with E-state index >= 15 is 0 Å². The Morgan fingerprint density at radius 2 is 1.83 bits per heavy atom. The van der Waals surface area contributed by atoms with Gasteiger partial charge in [-0.05, 0) is 37.1 Å². The van der Waals surface area contributed by atoms with Crippen LogP contribution < -0.4 is 10.1 Å². The van der Waals surface area contributed by atoms with Crippen LogP contribution in [0.4, 0.5) is 0 Å². The van der Waals surface area contributed by atoms with E-state index in [1.165, 1.54) is 0 Å². The van der Waals surface area contributed by atoms with Crippen LogP contribution >= 0.6 is 15.9 Å². The van der Waals surface area contributed by atoms with Gasteiger partial charge in [-0.1, -0.05) is 29.8 Å². The highest BCUT2D eigenvalue weighted by atomic mass is 79.9. The molecule has 0 aromatic heterocycles. The van der Waals surface area contributed by atoms with Crippen molar-refractivity contribution < 1.29 is 15.2 Å². The van der Waals surface area contributed by atoms with Gasteiger partial charge in [0, 0.05) is 4.47 Å². The lowest BCUT2D eigenvalue weighted by atomic mass is 10.1. The molecule has 0 unspecified atom stereocenters. The molecule has 0 aliphatic carbocycles. The average Bonchev–Trinajstić information content (AvgIpc) is 2.39. The maximum absolute atomic E-state index is 9.84. The van der Waals surface area contributed by atoms with Gasteiger partial charge >= 0.3 is 0 Å². The van der Waals surface area contributed by atoms with Gasteiger partial charge in [-0.2, -0.15) is 0 Å². The highest BCUT2D eigenvalue weighted by Gasteiger charge is 2.11. The third-order valence-electron chi connectivity index (χ3n) is 3.05. The summed E-state index contributed by atoms with van der Waals surface area (Å²) in [7, 11) is 0. The molecule has 3 N–H and O–H groups in total. The Labute approximate surface area is 118 Å². The molecular formula is C14H23BrNO2+. The molecule has 0 spiro atoms. The molecular weight excluding hydrogens is 294 g/mol. The lowest BCUT2D eigenvalue weighted by Gasteiger charge is -2.15. The van der Waals surface area contributed by atoms with Crippen molar-refractivity contribution in [2.45, 2.75) is 38.8 Å². The van der Waals surface area contributed by atoms with E-state index in [1.54, 1.807) is 0 Å². The minimum Gasteiger partial charge on any atom is -0.491 e. The van der Waals surface area contributed by atoms with Gasteiger partial charge in [0.15, 0.2) is 0 Å². The summed E-state index contributed by atoms with van der Waals surface area (Å²) in [6.07, 6.45) is 1.85. The van der Waals surface area contributed by atoms with Crippen molar-refractivity contribution >= 4 is 15.9 Å². The molecule has 1 rings (SSSR count). The van der Waals surface area contributed by atoms with Gasteiger partial charge in [-0.25, -0.2) is 0 Å². The van der Waals surface area contributed by atoms with Gasteiger partial charge in [-0.3, -0.25) is 0 Å². The quantitative estimate of drug-likeness (QED) is 0.770. The lowest BCUT2D eigenvalue weighted by Crippen LogP contribution is -2.91. The smallest absolute Gasteiger partial charge is 0.137 e. The Morgan fingerprint density at radius 1 is 1.22 bits per heavy atom. The van der Waals surface area contributed by atoms with Crippen LogP contribution in [0.3, 0.4) is 0 Å². The normalized spacial score (nSPS) is 12.7. The number of aliphatic hydroxyl groups excluding tert-OH is 1. The minimum absolute atomic E-state index is 0.346. The summed E-state index contributed by atoms with van der Waals surface area (Å²) in [5.41, 5.74) is 0. The Morgan fingerprint density at radius 3 is 2.39 bits per heavy atom. The summed E-state index contributed by atoms with van der Waals surface area (Å²) in [5.74, 6) is 0.791. The molecule has 0 amide bonds. The molecule has 3 nitrogen and oxygen atoms in total. The first kappa shape index (κ1) is 15.5. The van der Waals surface area contributed by atoms with E-state index in [2.05, 4.69) is 35.1 Å². The highest BCUT2D eigenvalue weighted by Crippen LogP contribution is 2.15. The third kappa shape index (κ3) is 5.85. The second-order valence-corrected chi connectivity index (χ2v) is 5.38. The molecule has 1 aromatic carbocycles. The summed E-state index contributed by atoms with van der Waals surface area (Å²) >= 11 is 3.37. The van der Waals surface area contributed by atoms with Crippen LogP contribution in [0, 0.1) is 0 Å². The fourth-order valence-electron chi connectivity index (χ4n) is 1.76. The topological polar surface area (TPSA) is 46.1 Å². The third-order valence-corrected chi connectivity index (χ3v) is 3.57. The Bertz CT molecular complexity index is 325. The van der Waals surface area contributed by atoms with E-state index in [-0.39, 0.29) is 0 Å². The average molecular weight is 317 g/mol. The SMILES string of the molecule is CCC(CC)[NH2+]C[C@H](O)COc1ccc(Br)cc1. The van der Waals surface area contributed by atoms with Crippen LogP contribution in [0.15, 0.2) is 28.7 Å². The van der Waals surface area contributed by atoms with Crippen molar-refractivity contribution in [3.05, 3.63) is 28.7 Å². The standard InChI is InChI=1S/C14H22BrNO2/c1-3-12(4-2)16-9-13(17)10-18-14-7-5-11(15)6-8-14/h5-8,12-13,16-17H,3-4,9-10H2,1-2H3/p+1/t13-/m0/s1. The first-order valence-corrected chi connectivity index (χ1v) is 7.34. The van der Waals surface area contributed by atoms with E-state index < -0.39 is 6.10 Å². The second kappa shape index (κ2) is 8.51. The van der Waals surface area contributed by atoms with Crippen molar-refractivity contribution in [2.75, 3.05) is 13.2 Å². The fraction of sp³-hybridized carbons (Fsp3) is 0.571. The molecule has 0 fully saturated rings. The number of nitrogens with two attached hydrogens (primary N) is 1. The molecule has 0 radical (unpaired) electrons. The van der Waals surface area contributed by atoms with Crippen LogP contribution in [0.5, 0.6) is 5.75 Å². The van der Waals surface area contributed by atoms with Gasteiger partial charge in [0.25, 0.3) is 0 Å². The number of halogens is 1. The monoisotopic (exact) mass is 316 g/mol. The Hall–Kier alpha value is -0.580. The fourth-order valence-corrected chi connectivity index (χ4v) is 2.03. The van der Waals surface area contributed by atoms with Crippen molar-refractivity contribution in [1.82, 2.24) is 0 Å². The van der Waals surface area contributed by atoms with Crippen LogP contribution in [0.2, 0.25) is 0 Å². The van der Waals surface area contributed by atoms with Crippen molar-refractivity contribution in [3.63, 3.8) is 0 Å². The molecule has 0 aliphatic heterocycles. The maximum atomic E-state index is 9.84. The van der Waals surface area contributed by atoms with Crippen molar-refractivity contribution in [2.24, 2.45) is 0 Å². The predicted molar refractivity (Wildman–Crippen MR) is 76.8 cm³/mol. The molecule has 0 heterocycles. The molecule has 4 heteroatoms. The Kier molecular flexibility index (Phi) is 7.32. The zero-order valence-electron chi connectivity index (χ0n) is 11.1. The number of hydrogen-bond donors (Lipinski definition) is 2. The summed E-state index contributed by atoms with van der Waals surface area (Å²) in [4.78, 5) is 0. The number of rotatable bonds is 8. The van der Waals surface area contributed by atoms with E-state index in [0.29, 0.717) is 19.2 Å². The number of benzene rings is 1. The zero-order chi connectivity index (χ0) is 13.4. The molecule has 18 heavy (non-hydrogen) atoms. The zero-order valence-corrected chi connectivity index (χ0v) is 12.7. The molecule has 0 saturated heterocycles. The number of aliphatic hydroxyl groups is 1. The number of quaternary nitrogens is 1. The van der Waals surface area contributed by atoms with Crippen molar-refractivity contribution in [3.8, 4) is 5.75 Å². The van der Waals surface area contributed by atoms with Gasteiger partial charge in [0.05, 0.1) is 6.04 Å². The van der Waals surface area contributed by atoms with Gasteiger partial charge in [-0.15, -0.1) is 0 Å². The Balaban J connectivity index is 2.24. The van der Waals surface area contributed by atoms with E-state index in [4.69, 9.17) is 4.74 Å². The number of hydrogen-bond acceptors (Lipinski definition) is 2. The largest absolute Gasteiger partial charge is 0.491 e. The van der Waals surface area contributed by atoms with Gasteiger partial charge < -0.3 is 15.2 Å². The van der Waals surface area contributed by atoms with Gasteiger partial charge in [0.2, 0.25) is 0 Å². The van der Waals surface area contributed by atoms with Crippen LogP contribution in [0.1, 0.15) is 26.7 Å². The van der Waals surface area contributed by atoms with E-state index in [9.17, 15) is 5.11 Å². The van der Waals surface area contributed by atoms with Crippen molar-refractivity contribution in [1.29, 1.82) is 0 Å². The molecule has 0 saturated carbocycles. The molecule has 0 bridgehead atoms. The first-order chi connectivity index (χ1) is 8.65. The predicted octanol–water partition coefficient (Wildman–Crippen LogP) is 1.94. The summed E-state index contributed by atoms with van der Waals surface area (Å²) in [5, 5.41) is 12.0. The molecule has 1 atom stereocenters. The highest BCUT2D eigenvalue weighted by molar-refractivity contribution is 9.10. The maximum Gasteiger partial charge on any atom is 0.137 e. The van der Waals surface area contributed by atoms with Crippen LogP contribution in [-0.2, 0) is 0 Å². The van der Waals surface area contributed by atoms with Gasteiger partial charge in [0.1, 0.15) is 25.0 Å². The van der Waals surface area contributed by atoms with Crippen LogP contribution in [0.25, 0.3) is 0 Å². The second-order valence-electron chi connectivity index (χ2n) is 4.47. The molecule has 102 valence electrons. The van der Waals surface area contributed by atoms with Crippen LogP contribution in [-0.4, -0.2) is 30.4 Å². The van der Waals surface area contributed by atoms with E-state index in [1.807, 2.05) is 24.3 Å².